The summed E-state index contributed by atoms with van der Waals surface area (Å²) in [5.74, 6) is -0.209. The Kier molecular flexibility index (Phi) is 6.05. The van der Waals surface area contributed by atoms with Crippen LogP contribution in [0.3, 0.4) is 0 Å². The number of anilines is 1. The fourth-order valence-electron chi connectivity index (χ4n) is 9.85. The van der Waals surface area contributed by atoms with E-state index in [9.17, 15) is 19.8 Å². The first-order valence-electron chi connectivity index (χ1n) is 15.2. The number of Topliss-reactive ketones (excluding diaryl/α,β-unsaturated/α-hetero) is 1. The van der Waals surface area contributed by atoms with Gasteiger partial charge in [-0.05, 0) is 60.8 Å². The molecule has 1 aromatic carbocycles. The summed E-state index contributed by atoms with van der Waals surface area (Å²) in [5, 5.41) is 23.2. The molecule has 3 heterocycles. The second kappa shape index (κ2) is 9.28. The van der Waals surface area contributed by atoms with Gasteiger partial charge < -0.3 is 25.4 Å². The van der Waals surface area contributed by atoms with Crippen molar-refractivity contribution in [1.29, 1.82) is 0 Å². The SMILES string of the molecule is C[C@]12C=CC(=O)C=C1CC[C@@H]1[C@@H]2[C@@H](O)C[C@@]2(C)[C@H]1C[C@H]1O[C@@]3(c4ccc(Cc5ncc(N)s5)cc4)[Si]C3O[C@]12C(=O)CO. The smallest absolute Gasteiger partial charge is 0.193 e. The molecular formula is C33H36N2O6SSi. The minimum absolute atomic E-state index is 0.00789. The summed E-state index contributed by atoms with van der Waals surface area (Å²) in [4.78, 5) is 30.4. The molecule has 0 bridgehead atoms. The fraction of sp³-hybridized carbons (Fsp3) is 0.545. The zero-order valence-corrected chi connectivity index (χ0v) is 26.1. The van der Waals surface area contributed by atoms with Crippen LogP contribution in [0.2, 0.25) is 0 Å². The highest BCUT2D eigenvalue weighted by Gasteiger charge is 2.79. The third-order valence-electron chi connectivity index (χ3n) is 11.8. The lowest BCUT2D eigenvalue weighted by Crippen LogP contribution is -2.67. The second-order valence-electron chi connectivity index (χ2n) is 13.8. The van der Waals surface area contributed by atoms with Gasteiger partial charge in [0.15, 0.2) is 17.2 Å². The van der Waals surface area contributed by atoms with E-state index in [0.717, 1.165) is 34.5 Å². The van der Waals surface area contributed by atoms with Crippen LogP contribution in [0.4, 0.5) is 5.00 Å². The monoisotopic (exact) mass is 616 g/mol. The van der Waals surface area contributed by atoms with Gasteiger partial charge in [-0.15, -0.1) is 11.3 Å². The van der Waals surface area contributed by atoms with Gasteiger partial charge in [0.1, 0.15) is 26.4 Å². The number of thiazole rings is 1. The molecule has 2 aromatic rings. The Balaban J connectivity index is 1.12. The Bertz CT molecular complexity index is 1590. The molecule has 4 aliphatic carbocycles. The molecule has 0 amide bonds. The molecule has 1 unspecified atom stereocenters. The predicted octanol–water partition coefficient (Wildman–Crippen LogP) is 3.12. The number of hydrogen-bond acceptors (Lipinski definition) is 9. The van der Waals surface area contributed by atoms with E-state index in [1.54, 1.807) is 18.3 Å². The Morgan fingerprint density at radius 1 is 1.23 bits per heavy atom. The van der Waals surface area contributed by atoms with Crippen LogP contribution in [0.1, 0.15) is 55.7 Å². The quantitative estimate of drug-likeness (QED) is 0.437. The largest absolute Gasteiger partial charge is 0.393 e. The molecule has 10 heteroatoms. The summed E-state index contributed by atoms with van der Waals surface area (Å²) in [6.07, 6.45) is 9.22. The number of nitrogen functional groups attached to an aromatic ring is 1. The lowest BCUT2D eigenvalue weighted by molar-refractivity contribution is -0.260. The van der Waals surface area contributed by atoms with Crippen molar-refractivity contribution in [3.05, 3.63) is 70.4 Å². The molecule has 8 rings (SSSR count). The van der Waals surface area contributed by atoms with E-state index in [4.69, 9.17) is 15.2 Å². The van der Waals surface area contributed by atoms with Gasteiger partial charge in [-0.3, -0.25) is 9.59 Å². The van der Waals surface area contributed by atoms with E-state index < -0.39 is 40.5 Å². The topological polar surface area (TPSA) is 132 Å². The number of nitrogens with zero attached hydrogens (tertiary/aromatic N) is 1. The van der Waals surface area contributed by atoms with Gasteiger partial charge in [-0.2, -0.15) is 0 Å². The third kappa shape index (κ3) is 3.71. The van der Waals surface area contributed by atoms with E-state index in [2.05, 4.69) is 43.1 Å². The van der Waals surface area contributed by atoms with Gasteiger partial charge in [-0.25, -0.2) is 4.98 Å². The fourth-order valence-corrected chi connectivity index (χ4v) is 12.0. The van der Waals surface area contributed by atoms with E-state index in [0.29, 0.717) is 33.8 Å². The molecular weight excluding hydrogens is 581 g/mol. The Hall–Kier alpha value is -2.47. The van der Waals surface area contributed by atoms with E-state index in [1.807, 2.05) is 6.08 Å². The van der Waals surface area contributed by atoms with Crippen LogP contribution >= 0.6 is 11.3 Å². The van der Waals surface area contributed by atoms with Gasteiger partial charge in [0.2, 0.25) is 0 Å². The number of carbonyl (C=O) groups excluding carboxylic acids is 2. The highest BCUT2D eigenvalue weighted by molar-refractivity contribution is 7.15. The van der Waals surface area contributed by atoms with Crippen molar-refractivity contribution in [2.45, 2.75) is 74.7 Å². The molecule has 224 valence electrons. The number of allylic oxidation sites excluding steroid dienone is 4. The van der Waals surface area contributed by atoms with Gasteiger partial charge in [0, 0.05) is 23.2 Å². The molecule has 10 atom stereocenters. The van der Waals surface area contributed by atoms with Crippen LogP contribution in [0.5, 0.6) is 0 Å². The van der Waals surface area contributed by atoms with E-state index >= 15 is 0 Å². The minimum atomic E-state index is -1.31. The molecule has 43 heavy (non-hydrogen) atoms. The summed E-state index contributed by atoms with van der Waals surface area (Å²) in [7, 11) is 0.342. The zero-order chi connectivity index (χ0) is 29.9. The lowest BCUT2D eigenvalue weighted by Gasteiger charge is -2.60. The number of aliphatic hydroxyl groups excluding tert-OH is 2. The van der Waals surface area contributed by atoms with E-state index in [1.165, 1.54) is 11.3 Å². The molecule has 8 nitrogen and oxygen atoms in total. The van der Waals surface area contributed by atoms with Crippen molar-refractivity contribution in [3.63, 3.8) is 0 Å². The maximum absolute atomic E-state index is 13.8. The zero-order valence-electron chi connectivity index (χ0n) is 24.3. The number of aromatic nitrogens is 1. The highest BCUT2D eigenvalue weighted by atomic mass is 32.1. The molecule has 3 saturated carbocycles. The van der Waals surface area contributed by atoms with Crippen LogP contribution in [-0.4, -0.2) is 66.4 Å². The number of rotatable bonds is 5. The first-order chi connectivity index (χ1) is 20.5. The average molecular weight is 617 g/mol. The van der Waals surface area contributed by atoms with Gasteiger partial charge >= 0.3 is 0 Å². The van der Waals surface area contributed by atoms with Crippen molar-refractivity contribution in [1.82, 2.24) is 4.98 Å². The summed E-state index contributed by atoms with van der Waals surface area (Å²) in [6, 6.07) is 8.39. The normalized spacial score (nSPS) is 44.0. The van der Waals surface area contributed by atoms with Crippen molar-refractivity contribution in [2.75, 3.05) is 12.3 Å². The number of nitrogens with two attached hydrogens (primary N) is 1. The van der Waals surface area contributed by atoms with Crippen LogP contribution < -0.4 is 5.73 Å². The Morgan fingerprint density at radius 3 is 2.74 bits per heavy atom. The molecule has 0 spiro atoms. The molecule has 1 aromatic heterocycles. The van der Waals surface area contributed by atoms with Crippen molar-refractivity contribution in [2.24, 2.45) is 28.6 Å². The number of hydrogen-bond donors (Lipinski definition) is 3. The van der Waals surface area contributed by atoms with Crippen LogP contribution in [0.25, 0.3) is 0 Å². The number of fused-ring (bicyclic) bond motifs is 8. The number of ether oxygens (including phenoxy) is 2. The van der Waals surface area contributed by atoms with Gasteiger partial charge in [0.25, 0.3) is 0 Å². The summed E-state index contributed by atoms with van der Waals surface area (Å²) in [6.45, 7) is 3.60. The molecule has 6 aliphatic rings. The maximum Gasteiger partial charge on any atom is 0.193 e. The van der Waals surface area contributed by atoms with Crippen molar-refractivity contribution >= 4 is 37.4 Å². The standard InChI is InChI=1S/C33H36N2O6SSi/c1-30-10-9-20(37)12-19(30)7-8-21-22-13-25-32(24(39)16-36,31(22,2)14-23(38)28(21)30)41-29-33(40-25,43-29)18-5-3-17(4-6-18)11-27-35-15-26(34)42-27/h3-6,9-10,12,15,21-23,25,28-29,36,38H,7-8,11,13-14,16,34H2,1-2H3/t21-,22-,23-,25+,28+,29?,30-,31-,32+,33-/m0/s1. The molecule has 5 fully saturated rings. The molecule has 2 saturated heterocycles. The molecule has 2 radical (unpaired) electrons. The number of benzene rings is 1. The predicted molar refractivity (Wildman–Crippen MR) is 161 cm³/mol. The van der Waals surface area contributed by atoms with Crippen molar-refractivity contribution in [3.8, 4) is 0 Å². The minimum Gasteiger partial charge on any atom is -0.393 e. The maximum atomic E-state index is 13.8. The summed E-state index contributed by atoms with van der Waals surface area (Å²) < 4.78 is 14.0. The van der Waals surface area contributed by atoms with Gasteiger partial charge in [-0.1, -0.05) is 49.8 Å². The molecule has 4 N–H and O–H groups in total. The van der Waals surface area contributed by atoms with Crippen LogP contribution in [-0.2, 0) is 30.7 Å². The van der Waals surface area contributed by atoms with Crippen LogP contribution in [0.15, 0.2) is 54.3 Å². The Morgan fingerprint density at radius 2 is 2.02 bits per heavy atom. The number of ketones is 2. The first-order valence-corrected chi connectivity index (χ1v) is 17.1. The highest BCUT2D eigenvalue weighted by Crippen LogP contribution is 2.71. The molecule has 2 aliphatic heterocycles. The van der Waals surface area contributed by atoms with E-state index in [-0.39, 0.29) is 35.0 Å². The Labute approximate surface area is 257 Å². The first kappa shape index (κ1) is 28.0. The third-order valence-corrected chi connectivity index (χ3v) is 14.2. The average Bonchev–Trinajstić information content (AvgIpc) is 3.46. The lowest BCUT2D eigenvalue weighted by atomic mass is 9.46. The van der Waals surface area contributed by atoms with Crippen molar-refractivity contribution < 1.29 is 29.3 Å². The van der Waals surface area contributed by atoms with Crippen LogP contribution in [0, 0.1) is 28.6 Å². The second-order valence-corrected chi connectivity index (χ2v) is 16.5. The number of carbonyl (C=O) groups is 2. The van der Waals surface area contributed by atoms with Gasteiger partial charge in [0.05, 0.1) is 29.1 Å². The summed E-state index contributed by atoms with van der Waals surface area (Å²) in [5.41, 5.74) is 6.44. The summed E-state index contributed by atoms with van der Waals surface area (Å²) >= 11 is 1.49. The number of aliphatic hydroxyl groups is 2.